The lowest BCUT2D eigenvalue weighted by Gasteiger charge is -2.17. The molecule has 3 aromatic heterocycles. The molecule has 52 heavy (non-hydrogen) atoms. The van der Waals surface area contributed by atoms with E-state index in [-0.39, 0.29) is 23.5 Å². The van der Waals surface area contributed by atoms with E-state index in [4.69, 9.17) is 18.3 Å². The van der Waals surface area contributed by atoms with Gasteiger partial charge in [0.15, 0.2) is 18.1 Å². The van der Waals surface area contributed by atoms with Crippen LogP contribution in [0.25, 0.3) is 33.5 Å². The van der Waals surface area contributed by atoms with Crippen LogP contribution in [0.2, 0.25) is 0 Å². The maximum atomic E-state index is 13.2. The predicted molar refractivity (Wildman–Crippen MR) is 182 cm³/mol. The van der Waals surface area contributed by atoms with Crippen molar-refractivity contribution in [2.45, 2.75) is 52.4 Å². The van der Waals surface area contributed by atoms with Crippen molar-refractivity contribution in [3.05, 3.63) is 120 Å². The van der Waals surface area contributed by atoms with Gasteiger partial charge in [0.2, 0.25) is 5.82 Å². The number of rotatable bonds is 15. The van der Waals surface area contributed by atoms with Crippen LogP contribution in [0.3, 0.4) is 0 Å². The number of H-pyrrole nitrogens is 1. The molecule has 1 unspecified atom stereocenters. The highest BCUT2D eigenvalue weighted by molar-refractivity contribution is 5.94. The molecular formula is C34H32N8O10. The fourth-order valence-corrected chi connectivity index (χ4v) is 6.01. The number of aromatic nitrogens is 6. The second-order valence-electron chi connectivity index (χ2n) is 12.0. The van der Waals surface area contributed by atoms with Gasteiger partial charge in [0.25, 0.3) is 18.1 Å². The average Bonchev–Trinajstić information content (AvgIpc) is 3.87. The normalized spacial score (nSPS) is 13.1. The van der Waals surface area contributed by atoms with E-state index in [0.717, 1.165) is 29.2 Å². The lowest BCUT2D eigenvalue weighted by molar-refractivity contribution is -0.620. The number of esters is 1. The number of nitrogens with one attached hydrogen (secondary N) is 1. The topological polar surface area (TPSA) is 237 Å². The smallest absolute Gasteiger partial charge is 0.465 e. The van der Waals surface area contributed by atoms with Crippen molar-refractivity contribution in [1.82, 2.24) is 30.2 Å². The van der Waals surface area contributed by atoms with E-state index in [2.05, 4.69) is 25.6 Å². The number of ether oxygens (including phenoxy) is 2. The first-order chi connectivity index (χ1) is 25.0. The fraction of sp³-hybridized carbons (Fsp3) is 0.294. The molecule has 0 aliphatic carbocycles. The molecule has 0 radical (unpaired) electrons. The van der Waals surface area contributed by atoms with Gasteiger partial charge in [-0.3, -0.25) is 24.8 Å². The van der Waals surface area contributed by atoms with Crippen LogP contribution in [-0.4, -0.2) is 64.7 Å². The largest absolute Gasteiger partial charge is 0.519 e. The van der Waals surface area contributed by atoms with Crippen LogP contribution in [0.15, 0.2) is 80.4 Å². The quantitative estimate of drug-likeness (QED) is 0.0861. The SMILES string of the molecule is CCOc1nc2ccc(C(=O)OCc3oc(=O)oc3CC(C)[C@@H]([C@H](C)[N+](=O)[O-])[N+](=O)[O-])cc2n1Cc1ccc(-c2ccccc2-c2nn[nH]n2)cc1. The summed E-state index contributed by atoms with van der Waals surface area (Å²) in [4.78, 5) is 51.2. The highest BCUT2D eigenvalue weighted by Crippen LogP contribution is 2.31. The molecule has 0 spiro atoms. The molecule has 0 aliphatic heterocycles. The number of fused-ring (bicyclic) bond motifs is 1. The number of aromatic amines is 1. The molecule has 18 nitrogen and oxygen atoms in total. The zero-order valence-corrected chi connectivity index (χ0v) is 28.1. The molecule has 18 heteroatoms. The van der Waals surface area contributed by atoms with Crippen LogP contribution in [0.5, 0.6) is 6.01 Å². The van der Waals surface area contributed by atoms with Crippen LogP contribution in [-0.2, 0) is 24.3 Å². The Hall–Kier alpha value is -6.72. The van der Waals surface area contributed by atoms with Crippen molar-refractivity contribution in [2.75, 3.05) is 6.61 Å². The van der Waals surface area contributed by atoms with Gasteiger partial charge >= 0.3 is 11.8 Å². The molecule has 1 N–H and O–H groups in total. The Morgan fingerprint density at radius 2 is 1.71 bits per heavy atom. The zero-order valence-electron chi connectivity index (χ0n) is 28.1. The summed E-state index contributed by atoms with van der Waals surface area (Å²) >= 11 is 0. The van der Waals surface area contributed by atoms with Gasteiger partial charge in [0, 0.05) is 34.7 Å². The second kappa shape index (κ2) is 15.0. The van der Waals surface area contributed by atoms with Crippen LogP contribution in [0.1, 0.15) is 48.2 Å². The molecule has 268 valence electrons. The van der Waals surface area contributed by atoms with Gasteiger partial charge in [-0.15, -0.1) is 10.2 Å². The minimum atomic E-state index is -1.57. The summed E-state index contributed by atoms with van der Waals surface area (Å²) in [7, 11) is 0. The maximum Gasteiger partial charge on any atom is 0.519 e. The molecule has 3 heterocycles. The van der Waals surface area contributed by atoms with E-state index in [1.54, 1.807) is 12.1 Å². The summed E-state index contributed by atoms with van der Waals surface area (Å²) in [6.07, 6.45) is -0.236. The van der Waals surface area contributed by atoms with E-state index in [1.807, 2.05) is 60.0 Å². The Bertz CT molecular complexity index is 2280. The molecule has 3 atom stereocenters. The molecule has 0 amide bonds. The van der Waals surface area contributed by atoms with Crippen LogP contribution < -0.4 is 10.6 Å². The summed E-state index contributed by atoms with van der Waals surface area (Å²) in [5.74, 6) is -2.57. The highest BCUT2D eigenvalue weighted by atomic mass is 16.6. The number of hydrogen-bond acceptors (Lipinski definition) is 14. The summed E-state index contributed by atoms with van der Waals surface area (Å²) in [6.45, 7) is 4.59. The maximum absolute atomic E-state index is 13.2. The number of carbonyl (C=O) groups is 1. The number of carbonyl (C=O) groups excluding carboxylic acids is 1. The fourth-order valence-electron chi connectivity index (χ4n) is 6.01. The third kappa shape index (κ3) is 7.40. The minimum Gasteiger partial charge on any atom is -0.465 e. The van der Waals surface area contributed by atoms with Crippen LogP contribution in [0.4, 0.5) is 0 Å². The summed E-state index contributed by atoms with van der Waals surface area (Å²) < 4.78 is 23.2. The molecule has 0 bridgehead atoms. The predicted octanol–water partition coefficient (Wildman–Crippen LogP) is 4.72. The van der Waals surface area contributed by atoms with Crippen molar-refractivity contribution in [2.24, 2.45) is 5.92 Å². The molecule has 3 aromatic carbocycles. The van der Waals surface area contributed by atoms with Gasteiger partial charge in [0.1, 0.15) is 0 Å². The average molecular weight is 713 g/mol. The van der Waals surface area contributed by atoms with Crippen molar-refractivity contribution >= 4 is 17.0 Å². The number of nitro groups is 2. The highest BCUT2D eigenvalue weighted by Gasteiger charge is 2.42. The number of hydrogen-bond donors (Lipinski definition) is 1. The number of tetrazole rings is 1. The van der Waals surface area contributed by atoms with Gasteiger partial charge in [-0.1, -0.05) is 55.5 Å². The first-order valence-corrected chi connectivity index (χ1v) is 16.1. The van der Waals surface area contributed by atoms with E-state index < -0.39 is 46.2 Å². The van der Waals surface area contributed by atoms with Crippen LogP contribution >= 0.6 is 0 Å². The van der Waals surface area contributed by atoms with Gasteiger partial charge in [-0.25, -0.2) is 9.59 Å². The minimum absolute atomic E-state index is 0.105. The Morgan fingerprint density at radius 3 is 2.38 bits per heavy atom. The third-order valence-corrected chi connectivity index (χ3v) is 8.56. The molecule has 6 rings (SSSR count). The summed E-state index contributed by atoms with van der Waals surface area (Å²) in [5.41, 5.74) is 4.98. The lowest BCUT2D eigenvalue weighted by Crippen LogP contribution is -2.42. The number of benzene rings is 3. The number of nitrogens with zero attached hydrogens (tertiary/aromatic N) is 7. The van der Waals surface area contributed by atoms with Crippen molar-refractivity contribution < 1.29 is 32.9 Å². The molecule has 0 fully saturated rings. The first kappa shape index (κ1) is 35.1. The summed E-state index contributed by atoms with van der Waals surface area (Å²) in [6, 6.07) is 17.7. The lowest BCUT2D eigenvalue weighted by atomic mass is 9.92. The van der Waals surface area contributed by atoms with Crippen molar-refractivity contribution in [3.63, 3.8) is 0 Å². The molecule has 6 aromatic rings. The number of imidazole rings is 1. The summed E-state index contributed by atoms with van der Waals surface area (Å²) in [5, 5.41) is 37.2. The Labute approximate surface area is 293 Å². The van der Waals surface area contributed by atoms with Gasteiger partial charge in [0.05, 0.1) is 29.7 Å². The van der Waals surface area contributed by atoms with E-state index in [1.165, 1.54) is 13.0 Å². The van der Waals surface area contributed by atoms with Crippen molar-refractivity contribution in [3.8, 4) is 28.5 Å². The third-order valence-electron chi connectivity index (χ3n) is 8.56. The van der Waals surface area contributed by atoms with Gasteiger partial charge in [-0.05, 0) is 47.0 Å². The monoisotopic (exact) mass is 712 g/mol. The Morgan fingerprint density at radius 1 is 0.981 bits per heavy atom. The second-order valence-corrected chi connectivity index (χ2v) is 12.0. The van der Waals surface area contributed by atoms with Crippen LogP contribution in [0, 0.1) is 26.1 Å². The standard InChI is InChI=1S/C34H32N8O10/c1-4-49-33-35-26-14-13-23(32(43)50-18-29-28(51-34(44)52-29)15-19(2)30(42(47)48)20(3)41(45)46)16-27(26)40(33)17-21-9-11-22(12-10-21)24-7-5-6-8-25(24)31-36-38-39-37-31/h5-14,16,19-20,30H,4,15,17-18H2,1-3H3,(H,36,37,38,39)/t19?,20-,30-/m0/s1. The molecular weight excluding hydrogens is 680 g/mol. The molecule has 0 aliphatic rings. The Kier molecular flexibility index (Phi) is 10.2. The Balaban J connectivity index is 1.20. The van der Waals surface area contributed by atoms with E-state index in [9.17, 15) is 29.8 Å². The van der Waals surface area contributed by atoms with E-state index >= 15 is 0 Å². The van der Waals surface area contributed by atoms with Gasteiger partial charge < -0.3 is 18.3 Å². The zero-order chi connectivity index (χ0) is 36.9. The first-order valence-electron chi connectivity index (χ1n) is 16.1. The molecule has 0 saturated carbocycles. The van der Waals surface area contributed by atoms with Gasteiger partial charge in [-0.2, -0.15) is 10.2 Å². The molecule has 0 saturated heterocycles. The van der Waals surface area contributed by atoms with Crippen molar-refractivity contribution in [1.29, 1.82) is 0 Å². The van der Waals surface area contributed by atoms with E-state index in [0.29, 0.717) is 36.0 Å².